The van der Waals surface area contributed by atoms with Crippen LogP contribution < -0.4 is 15.6 Å². The molecule has 2 rings (SSSR count). The number of amides is 2. The number of ether oxygens (including phenoxy) is 1. The Morgan fingerprint density at radius 1 is 1.15 bits per heavy atom. The molecule has 0 fully saturated rings. The van der Waals surface area contributed by atoms with E-state index in [1.54, 1.807) is 30.5 Å². The number of rotatable bonds is 6. The minimum absolute atomic E-state index is 0.334. The molecule has 2 atom stereocenters. The number of carbonyl (C=O) groups excluding carboxylic acids is 2. The summed E-state index contributed by atoms with van der Waals surface area (Å²) in [6.07, 6.45) is 0.685. The van der Waals surface area contributed by atoms with Crippen LogP contribution in [0.5, 0.6) is 5.75 Å². The molecule has 2 N–H and O–H groups in total. The molecule has 2 aromatic carbocycles. The maximum atomic E-state index is 12.9. The van der Waals surface area contributed by atoms with Crippen LogP contribution >= 0.6 is 0 Å². The van der Waals surface area contributed by atoms with E-state index in [4.69, 9.17) is 4.74 Å². The quantitative estimate of drug-likeness (QED) is 0.753. The Morgan fingerprint density at radius 3 is 2.50 bits per heavy atom. The van der Waals surface area contributed by atoms with Crippen molar-refractivity contribution >= 4 is 22.6 Å². The van der Waals surface area contributed by atoms with Gasteiger partial charge in [0.2, 0.25) is 0 Å². The van der Waals surface area contributed by atoms with E-state index in [-0.39, 0.29) is 0 Å². The van der Waals surface area contributed by atoms with E-state index in [1.807, 2.05) is 0 Å². The van der Waals surface area contributed by atoms with Crippen molar-refractivity contribution in [3.63, 3.8) is 0 Å². The average Bonchev–Trinajstić information content (AvgIpc) is 2.61. The van der Waals surface area contributed by atoms with Crippen LogP contribution in [0.3, 0.4) is 0 Å². The molecule has 8 heteroatoms. The second-order valence-corrected chi connectivity index (χ2v) is 7.01. The molecule has 26 heavy (non-hydrogen) atoms. The van der Waals surface area contributed by atoms with Gasteiger partial charge < -0.3 is 4.74 Å². The number of hydrazine groups is 1. The van der Waals surface area contributed by atoms with E-state index in [1.165, 1.54) is 31.2 Å². The van der Waals surface area contributed by atoms with Gasteiger partial charge in [0.15, 0.2) is 6.10 Å². The molecule has 0 bridgehead atoms. The van der Waals surface area contributed by atoms with E-state index in [2.05, 4.69) is 10.9 Å². The van der Waals surface area contributed by atoms with Crippen molar-refractivity contribution in [1.82, 2.24) is 10.9 Å². The fraction of sp³-hybridized carbons (Fsp3) is 0.222. The summed E-state index contributed by atoms with van der Waals surface area (Å²) >= 11 is 0. The number of nitrogens with one attached hydrogen (secondary N) is 2. The third-order valence-corrected chi connectivity index (χ3v) is 4.09. The standard InChI is InChI=1S/C18H19FN2O4S/c1-12(25-16-8-6-15(19)7-9-16)17(22)20-21-18(23)14-5-3-4-13(10-14)11-26(2)24/h3-10,12H,11H2,1-2H3,(H,20,22)(H,21,23). The first-order valence-electron chi connectivity index (χ1n) is 7.76. The molecule has 0 saturated carbocycles. The van der Waals surface area contributed by atoms with Crippen LogP contribution in [-0.2, 0) is 21.3 Å². The second kappa shape index (κ2) is 9.10. The van der Waals surface area contributed by atoms with Crippen LogP contribution in [-0.4, -0.2) is 28.4 Å². The Bertz CT molecular complexity index is 811. The highest BCUT2D eigenvalue weighted by Gasteiger charge is 2.16. The van der Waals surface area contributed by atoms with Gasteiger partial charge in [0.25, 0.3) is 11.8 Å². The molecular formula is C18H19FN2O4S. The first kappa shape index (κ1) is 19.6. The minimum atomic E-state index is -1.02. The topological polar surface area (TPSA) is 84.5 Å². The van der Waals surface area contributed by atoms with Crippen molar-refractivity contribution < 1.29 is 22.9 Å². The highest BCUT2D eigenvalue weighted by Crippen LogP contribution is 2.13. The van der Waals surface area contributed by atoms with Crippen LogP contribution in [0.25, 0.3) is 0 Å². The Hall–Kier alpha value is -2.74. The van der Waals surface area contributed by atoms with E-state index in [9.17, 15) is 18.2 Å². The molecule has 2 amide bonds. The Kier molecular flexibility index (Phi) is 6.85. The Labute approximate surface area is 153 Å². The van der Waals surface area contributed by atoms with Crippen LogP contribution in [0.2, 0.25) is 0 Å². The van der Waals surface area contributed by atoms with Gasteiger partial charge >= 0.3 is 0 Å². The molecule has 138 valence electrons. The van der Waals surface area contributed by atoms with E-state index in [0.29, 0.717) is 17.1 Å². The molecule has 0 aliphatic heterocycles. The summed E-state index contributed by atoms with van der Waals surface area (Å²) in [5.74, 6) is -0.795. The van der Waals surface area contributed by atoms with Crippen molar-refractivity contribution in [2.45, 2.75) is 18.8 Å². The van der Waals surface area contributed by atoms with Crippen LogP contribution in [0, 0.1) is 5.82 Å². The molecule has 0 heterocycles. The summed E-state index contributed by atoms with van der Waals surface area (Å²) in [4.78, 5) is 24.1. The first-order chi connectivity index (χ1) is 12.3. The molecule has 0 aliphatic rings. The summed E-state index contributed by atoms with van der Waals surface area (Å²) in [6, 6.07) is 11.9. The summed E-state index contributed by atoms with van der Waals surface area (Å²) < 4.78 is 29.5. The highest BCUT2D eigenvalue weighted by molar-refractivity contribution is 7.83. The largest absolute Gasteiger partial charge is 0.481 e. The lowest BCUT2D eigenvalue weighted by atomic mass is 10.1. The summed E-state index contributed by atoms with van der Waals surface area (Å²) in [5, 5.41) is 0. The zero-order chi connectivity index (χ0) is 19.1. The maximum Gasteiger partial charge on any atom is 0.279 e. The lowest BCUT2D eigenvalue weighted by molar-refractivity contribution is -0.128. The monoisotopic (exact) mass is 378 g/mol. The van der Waals surface area contributed by atoms with Gasteiger partial charge in [-0.25, -0.2) is 4.39 Å². The molecule has 0 spiro atoms. The van der Waals surface area contributed by atoms with Gasteiger partial charge in [-0.15, -0.1) is 0 Å². The summed E-state index contributed by atoms with van der Waals surface area (Å²) in [6.45, 7) is 1.50. The number of benzene rings is 2. The van der Waals surface area contributed by atoms with Crippen molar-refractivity contribution in [2.75, 3.05) is 6.26 Å². The number of hydrogen-bond acceptors (Lipinski definition) is 4. The Balaban J connectivity index is 1.88. The zero-order valence-electron chi connectivity index (χ0n) is 14.3. The summed E-state index contributed by atoms with van der Waals surface area (Å²) in [5.41, 5.74) is 5.67. The fourth-order valence-electron chi connectivity index (χ4n) is 2.10. The molecule has 2 aromatic rings. The lowest BCUT2D eigenvalue weighted by Crippen LogP contribution is -2.47. The van der Waals surface area contributed by atoms with Gasteiger partial charge in [0, 0.05) is 28.4 Å². The van der Waals surface area contributed by atoms with Crippen molar-refractivity contribution in [3.8, 4) is 5.75 Å². The molecule has 2 unspecified atom stereocenters. The van der Waals surface area contributed by atoms with E-state index >= 15 is 0 Å². The number of carbonyl (C=O) groups is 2. The first-order valence-corrected chi connectivity index (χ1v) is 9.49. The van der Waals surface area contributed by atoms with Crippen molar-refractivity contribution in [2.24, 2.45) is 0 Å². The van der Waals surface area contributed by atoms with Gasteiger partial charge in [-0.3, -0.25) is 24.6 Å². The predicted molar refractivity (Wildman–Crippen MR) is 96.3 cm³/mol. The van der Waals surface area contributed by atoms with Crippen molar-refractivity contribution in [1.29, 1.82) is 0 Å². The smallest absolute Gasteiger partial charge is 0.279 e. The van der Waals surface area contributed by atoms with Gasteiger partial charge in [-0.1, -0.05) is 12.1 Å². The molecule has 6 nitrogen and oxygen atoms in total. The SMILES string of the molecule is CC(Oc1ccc(F)cc1)C(=O)NNC(=O)c1cccc(CS(C)=O)c1. The molecular weight excluding hydrogens is 359 g/mol. The van der Waals surface area contributed by atoms with Crippen LogP contribution in [0.15, 0.2) is 48.5 Å². The normalized spacial score (nSPS) is 12.7. The second-order valence-electron chi connectivity index (χ2n) is 5.58. The van der Waals surface area contributed by atoms with Crippen LogP contribution in [0.4, 0.5) is 4.39 Å². The zero-order valence-corrected chi connectivity index (χ0v) is 15.1. The lowest BCUT2D eigenvalue weighted by Gasteiger charge is -2.15. The highest BCUT2D eigenvalue weighted by atomic mass is 32.2. The van der Waals surface area contributed by atoms with E-state index < -0.39 is 34.5 Å². The van der Waals surface area contributed by atoms with Gasteiger partial charge in [0.1, 0.15) is 11.6 Å². The summed E-state index contributed by atoms with van der Waals surface area (Å²) in [7, 11) is -1.02. The number of hydrogen-bond donors (Lipinski definition) is 2. The predicted octanol–water partition coefficient (Wildman–Crippen LogP) is 1.93. The van der Waals surface area contributed by atoms with E-state index in [0.717, 1.165) is 5.56 Å². The van der Waals surface area contributed by atoms with Crippen LogP contribution in [0.1, 0.15) is 22.8 Å². The molecule has 0 aromatic heterocycles. The Morgan fingerprint density at radius 2 is 1.85 bits per heavy atom. The van der Waals surface area contributed by atoms with Gasteiger partial charge in [-0.2, -0.15) is 0 Å². The van der Waals surface area contributed by atoms with Crippen molar-refractivity contribution in [3.05, 3.63) is 65.5 Å². The average molecular weight is 378 g/mol. The van der Waals surface area contributed by atoms with Gasteiger partial charge in [0.05, 0.1) is 0 Å². The molecule has 0 radical (unpaired) electrons. The fourth-order valence-corrected chi connectivity index (χ4v) is 2.75. The third-order valence-electron chi connectivity index (χ3n) is 3.35. The third kappa shape index (κ3) is 5.96. The maximum absolute atomic E-state index is 12.9. The molecule has 0 saturated heterocycles. The number of halogens is 1. The van der Waals surface area contributed by atoms with Gasteiger partial charge in [-0.05, 0) is 48.9 Å². The minimum Gasteiger partial charge on any atom is -0.481 e. The molecule has 0 aliphatic carbocycles.